The summed E-state index contributed by atoms with van der Waals surface area (Å²) in [5, 5.41) is 1.63. The molecule has 180 valence electrons. The van der Waals surface area contributed by atoms with Gasteiger partial charge in [-0.15, -0.1) is 0 Å². The number of methoxy groups -OCH3 is 3. The first-order chi connectivity index (χ1) is 17.0. The van der Waals surface area contributed by atoms with Crippen LogP contribution in [0.25, 0.3) is 0 Å². The second-order valence-corrected chi connectivity index (χ2v) is 8.38. The third kappa shape index (κ3) is 3.49. The molecule has 0 N–H and O–H groups in total. The Morgan fingerprint density at radius 3 is 2.11 bits per heavy atom. The number of hydrogen-bond donors (Lipinski definition) is 0. The molecule has 8 heteroatoms. The predicted octanol–water partition coefficient (Wildman–Crippen LogP) is 4.07. The van der Waals surface area contributed by atoms with Crippen LogP contribution >= 0.6 is 0 Å². The number of imide groups is 1. The zero-order valence-electron chi connectivity index (χ0n) is 19.9. The molecule has 2 saturated heterocycles. The Bertz CT molecular complexity index is 1280. The van der Waals surface area contributed by atoms with Crippen molar-refractivity contribution >= 4 is 23.2 Å². The number of amides is 2. The summed E-state index contributed by atoms with van der Waals surface area (Å²) >= 11 is 0. The number of para-hydroxylation sites is 2. The van der Waals surface area contributed by atoms with E-state index in [1.165, 1.54) is 19.1 Å². The average Bonchev–Trinajstić information content (AvgIpc) is 3.39. The van der Waals surface area contributed by atoms with E-state index in [0.717, 1.165) is 5.56 Å². The molecule has 0 aliphatic carbocycles. The molecular weight excluding hydrogens is 448 g/mol. The van der Waals surface area contributed by atoms with E-state index in [4.69, 9.17) is 19.0 Å². The first-order valence-corrected chi connectivity index (χ1v) is 11.2. The molecule has 0 radical (unpaired) electrons. The Kier molecular flexibility index (Phi) is 5.82. The van der Waals surface area contributed by atoms with Gasteiger partial charge in [0.15, 0.2) is 17.6 Å². The minimum atomic E-state index is -0.981. The first-order valence-electron chi connectivity index (χ1n) is 11.2. The monoisotopic (exact) mass is 474 g/mol. The summed E-state index contributed by atoms with van der Waals surface area (Å²) in [5.41, 5.74) is 2.75. The summed E-state index contributed by atoms with van der Waals surface area (Å²) in [6.07, 6.45) is -0.981. The van der Waals surface area contributed by atoms with Gasteiger partial charge in [0, 0.05) is 5.56 Å². The zero-order valence-corrected chi connectivity index (χ0v) is 19.9. The third-order valence-corrected chi connectivity index (χ3v) is 6.54. The van der Waals surface area contributed by atoms with E-state index in [-0.39, 0.29) is 5.91 Å². The number of aryl methyl sites for hydroxylation is 1. The van der Waals surface area contributed by atoms with E-state index < -0.39 is 24.0 Å². The van der Waals surface area contributed by atoms with Crippen LogP contribution in [0, 0.1) is 12.8 Å². The van der Waals surface area contributed by atoms with E-state index in [2.05, 4.69) is 0 Å². The molecule has 2 amide bonds. The van der Waals surface area contributed by atoms with Crippen molar-refractivity contribution in [3.8, 4) is 17.2 Å². The van der Waals surface area contributed by atoms with Crippen molar-refractivity contribution in [2.24, 2.45) is 5.92 Å². The molecule has 0 unspecified atom stereocenters. The summed E-state index contributed by atoms with van der Waals surface area (Å²) in [6, 6.07) is 19.6. The summed E-state index contributed by atoms with van der Waals surface area (Å²) in [6.45, 7) is 1.87. The summed E-state index contributed by atoms with van der Waals surface area (Å²) in [5.74, 6) is -0.209. The fraction of sp³-hybridized carbons (Fsp3) is 0.259. The maximum Gasteiger partial charge on any atom is 0.266 e. The molecule has 0 bridgehead atoms. The second kappa shape index (κ2) is 8.96. The Morgan fingerprint density at radius 2 is 1.46 bits per heavy atom. The molecule has 2 aliphatic rings. The lowest BCUT2D eigenvalue weighted by atomic mass is 9.89. The van der Waals surface area contributed by atoms with Crippen LogP contribution < -0.4 is 24.2 Å². The number of benzene rings is 3. The van der Waals surface area contributed by atoms with Crippen molar-refractivity contribution in [1.29, 1.82) is 0 Å². The van der Waals surface area contributed by atoms with E-state index >= 15 is 0 Å². The van der Waals surface area contributed by atoms with Crippen LogP contribution in [0.5, 0.6) is 17.2 Å². The molecule has 5 rings (SSSR count). The molecule has 0 spiro atoms. The van der Waals surface area contributed by atoms with Gasteiger partial charge in [0.1, 0.15) is 12.0 Å². The van der Waals surface area contributed by atoms with Crippen LogP contribution in [0.3, 0.4) is 0 Å². The van der Waals surface area contributed by atoms with Crippen molar-refractivity contribution in [1.82, 2.24) is 0 Å². The highest BCUT2D eigenvalue weighted by atomic mass is 16.7. The lowest BCUT2D eigenvalue weighted by Gasteiger charge is -2.30. The maximum absolute atomic E-state index is 13.9. The molecule has 0 saturated carbocycles. The van der Waals surface area contributed by atoms with Crippen LogP contribution in [0.4, 0.5) is 11.4 Å². The number of ether oxygens (including phenoxy) is 3. The topological polar surface area (TPSA) is 77.5 Å². The van der Waals surface area contributed by atoms with Crippen LogP contribution in [-0.2, 0) is 14.4 Å². The standard InChI is InChI=1S/C27H26N2O6/c1-16-10-8-9-13-19(16)28-26(30)21-22(18-14-15-20(32-2)24(34-4)23(18)33-3)29(35-25(21)27(28)31)17-11-6-5-7-12-17/h5-15,21-22,25H,1-4H3/t21-,22+,25-/m1/s1. The van der Waals surface area contributed by atoms with Crippen LogP contribution in [0.2, 0.25) is 0 Å². The molecule has 3 aromatic carbocycles. The van der Waals surface area contributed by atoms with Crippen LogP contribution in [-0.4, -0.2) is 39.2 Å². The van der Waals surface area contributed by atoms with Gasteiger partial charge in [-0.2, -0.15) is 0 Å². The number of nitrogens with zero attached hydrogens (tertiary/aromatic N) is 2. The van der Waals surface area contributed by atoms with Gasteiger partial charge in [-0.3, -0.25) is 14.4 Å². The molecular formula is C27H26N2O6. The number of hydrogen-bond acceptors (Lipinski definition) is 7. The van der Waals surface area contributed by atoms with Crippen molar-refractivity contribution in [3.05, 3.63) is 77.9 Å². The Morgan fingerprint density at radius 1 is 0.771 bits per heavy atom. The minimum Gasteiger partial charge on any atom is -0.493 e. The Balaban J connectivity index is 1.67. The van der Waals surface area contributed by atoms with E-state index in [1.807, 2.05) is 61.5 Å². The summed E-state index contributed by atoms with van der Waals surface area (Å²) in [4.78, 5) is 34.9. The molecule has 2 heterocycles. The third-order valence-electron chi connectivity index (χ3n) is 6.54. The highest BCUT2D eigenvalue weighted by Gasteiger charge is 2.61. The van der Waals surface area contributed by atoms with Gasteiger partial charge in [-0.05, 0) is 42.8 Å². The van der Waals surface area contributed by atoms with Gasteiger partial charge in [0.25, 0.3) is 5.91 Å². The summed E-state index contributed by atoms with van der Waals surface area (Å²) in [7, 11) is 4.60. The highest BCUT2D eigenvalue weighted by molar-refractivity contribution is 6.24. The van der Waals surface area contributed by atoms with Crippen molar-refractivity contribution in [2.45, 2.75) is 19.1 Å². The Labute approximate surface area is 203 Å². The first kappa shape index (κ1) is 22.7. The highest BCUT2D eigenvalue weighted by Crippen LogP contribution is 2.52. The summed E-state index contributed by atoms with van der Waals surface area (Å²) < 4.78 is 16.8. The van der Waals surface area contributed by atoms with Crippen molar-refractivity contribution in [3.63, 3.8) is 0 Å². The van der Waals surface area contributed by atoms with E-state index in [0.29, 0.717) is 34.2 Å². The van der Waals surface area contributed by atoms with Gasteiger partial charge in [-0.1, -0.05) is 36.4 Å². The van der Waals surface area contributed by atoms with Gasteiger partial charge in [-0.25, -0.2) is 9.96 Å². The number of fused-ring (bicyclic) bond motifs is 1. The molecule has 3 atom stereocenters. The molecule has 2 fully saturated rings. The molecule has 2 aliphatic heterocycles. The fourth-order valence-electron chi connectivity index (χ4n) is 4.94. The Hall–Kier alpha value is -4.04. The number of rotatable bonds is 6. The normalized spacial score (nSPS) is 21.3. The van der Waals surface area contributed by atoms with Crippen molar-refractivity contribution < 1.29 is 28.6 Å². The minimum absolute atomic E-state index is 0.324. The van der Waals surface area contributed by atoms with Gasteiger partial charge < -0.3 is 14.2 Å². The van der Waals surface area contributed by atoms with Gasteiger partial charge >= 0.3 is 0 Å². The van der Waals surface area contributed by atoms with Crippen molar-refractivity contribution in [2.75, 3.05) is 31.3 Å². The number of carbonyl (C=O) groups excluding carboxylic acids is 2. The largest absolute Gasteiger partial charge is 0.493 e. The van der Waals surface area contributed by atoms with E-state index in [9.17, 15) is 9.59 Å². The lowest BCUT2D eigenvalue weighted by Crippen LogP contribution is -2.37. The quantitative estimate of drug-likeness (QED) is 0.499. The number of carbonyl (C=O) groups is 2. The smallest absolute Gasteiger partial charge is 0.266 e. The zero-order chi connectivity index (χ0) is 24.7. The SMILES string of the molecule is COc1ccc([C@H]2[C@H]3C(=O)N(c4ccccc4C)C(=O)[C@@H]3ON2c2ccccc2)c(OC)c1OC. The fourth-order valence-corrected chi connectivity index (χ4v) is 4.94. The number of hydroxylamine groups is 1. The molecule has 0 aromatic heterocycles. The van der Waals surface area contributed by atoms with E-state index in [1.54, 1.807) is 24.3 Å². The predicted molar refractivity (Wildman–Crippen MR) is 130 cm³/mol. The van der Waals surface area contributed by atoms with Gasteiger partial charge in [0.05, 0.1) is 32.7 Å². The van der Waals surface area contributed by atoms with Gasteiger partial charge in [0.2, 0.25) is 11.7 Å². The van der Waals surface area contributed by atoms with Crippen LogP contribution in [0.15, 0.2) is 66.7 Å². The molecule has 8 nitrogen and oxygen atoms in total. The molecule has 3 aromatic rings. The number of anilines is 2. The second-order valence-electron chi connectivity index (χ2n) is 8.38. The molecule has 35 heavy (non-hydrogen) atoms. The average molecular weight is 475 g/mol. The lowest BCUT2D eigenvalue weighted by molar-refractivity contribution is -0.126. The maximum atomic E-state index is 13.9. The van der Waals surface area contributed by atoms with Crippen LogP contribution in [0.1, 0.15) is 17.2 Å².